The highest BCUT2D eigenvalue weighted by Gasteiger charge is 2.25. The van der Waals surface area contributed by atoms with Crippen LogP contribution in [-0.4, -0.2) is 49.9 Å². The molecule has 0 saturated carbocycles. The molecule has 0 amide bonds. The first-order chi connectivity index (χ1) is 26.4. The van der Waals surface area contributed by atoms with Gasteiger partial charge >= 0.3 is 13.8 Å². The van der Waals surface area contributed by atoms with Gasteiger partial charge in [0.25, 0.3) is 0 Å². The summed E-state index contributed by atoms with van der Waals surface area (Å²) in [7, 11) is -4.27. The molecular weight excluding hydrogens is 697 g/mol. The zero-order valence-corrected chi connectivity index (χ0v) is 36.6. The van der Waals surface area contributed by atoms with E-state index in [0.717, 1.165) is 32.1 Å². The first kappa shape index (κ1) is 53.2. The van der Waals surface area contributed by atoms with Crippen molar-refractivity contribution in [3.05, 3.63) is 12.2 Å². The molecule has 322 valence electrons. The van der Waals surface area contributed by atoms with E-state index in [9.17, 15) is 14.3 Å². The highest BCUT2D eigenvalue weighted by atomic mass is 31.2. The second-order valence-corrected chi connectivity index (χ2v) is 17.1. The van der Waals surface area contributed by atoms with Crippen LogP contribution in [0.4, 0.5) is 0 Å². The van der Waals surface area contributed by atoms with Gasteiger partial charge < -0.3 is 20.1 Å². The first-order valence-electron chi connectivity index (χ1n) is 23.2. The van der Waals surface area contributed by atoms with Crippen LogP contribution in [0.3, 0.4) is 0 Å². The van der Waals surface area contributed by atoms with E-state index >= 15 is 0 Å². The number of ether oxygens (including phenoxy) is 2. The molecule has 0 heterocycles. The number of hydrogen-bond donors (Lipinski definition) is 2. The Kier molecular flexibility index (Phi) is 42.8. The Morgan fingerprint density at radius 1 is 0.537 bits per heavy atom. The average molecular weight is 788 g/mol. The van der Waals surface area contributed by atoms with E-state index < -0.39 is 13.9 Å². The maximum atomic E-state index is 12.6. The molecule has 0 aromatic heterocycles. The van der Waals surface area contributed by atoms with Gasteiger partial charge in [0.15, 0.2) is 0 Å². The molecule has 2 unspecified atom stereocenters. The summed E-state index contributed by atoms with van der Waals surface area (Å²) in [6.07, 6.45) is 46.6. The molecule has 3 N–H and O–H groups in total. The predicted molar refractivity (Wildman–Crippen MR) is 229 cm³/mol. The van der Waals surface area contributed by atoms with E-state index in [-0.39, 0.29) is 32.3 Å². The third-order valence-electron chi connectivity index (χ3n) is 10.2. The highest BCUT2D eigenvalue weighted by molar-refractivity contribution is 7.47. The van der Waals surface area contributed by atoms with Crippen LogP contribution in [0.2, 0.25) is 0 Å². The van der Waals surface area contributed by atoms with Crippen molar-refractivity contribution in [1.82, 2.24) is 0 Å². The minimum absolute atomic E-state index is 0.0928. The molecule has 0 aromatic carbocycles. The largest absolute Gasteiger partial charge is 0.472 e. The SMILES string of the molecule is CCCCCCCC/C=C\CCCCCCCCCC(=O)OC(COCCCCCCCCCCCCCCCCCCCC)COP(=O)(O)OCCN. The second kappa shape index (κ2) is 43.4. The lowest BCUT2D eigenvalue weighted by Gasteiger charge is -2.20. The van der Waals surface area contributed by atoms with Crippen molar-refractivity contribution in [1.29, 1.82) is 0 Å². The van der Waals surface area contributed by atoms with Gasteiger partial charge in [-0.25, -0.2) is 4.57 Å². The van der Waals surface area contributed by atoms with E-state index in [2.05, 4.69) is 26.0 Å². The number of phosphoric acid groups is 1. The van der Waals surface area contributed by atoms with E-state index in [1.807, 2.05) is 0 Å². The molecule has 0 radical (unpaired) electrons. The van der Waals surface area contributed by atoms with Crippen molar-refractivity contribution in [2.24, 2.45) is 5.73 Å². The Labute approximate surface area is 334 Å². The summed E-state index contributed by atoms with van der Waals surface area (Å²) in [6.45, 7) is 4.97. The quantitative estimate of drug-likeness (QED) is 0.0271. The molecule has 0 saturated heterocycles. The summed E-state index contributed by atoms with van der Waals surface area (Å²) in [5.41, 5.74) is 5.38. The Bertz CT molecular complexity index is 843. The molecule has 0 fully saturated rings. The molecule has 9 heteroatoms. The molecule has 0 spiro atoms. The van der Waals surface area contributed by atoms with E-state index in [0.29, 0.717) is 13.0 Å². The molecule has 0 aliphatic carbocycles. The summed E-state index contributed by atoms with van der Waals surface area (Å²) < 4.78 is 33.5. The molecule has 0 bridgehead atoms. The lowest BCUT2D eigenvalue weighted by atomic mass is 10.0. The minimum atomic E-state index is -4.27. The standard InChI is InChI=1S/C45H90NO7P/c1-3-5-7-9-11-13-15-17-19-21-23-25-27-29-31-33-35-37-40-50-42-44(43-52-54(48,49)51-41-39-46)53-45(47)38-36-34-32-30-28-26-24-22-20-18-16-14-12-10-8-6-4-2/h18,20,44H,3-17,19,21-43,46H2,1-2H3,(H,48,49)/b20-18-. The van der Waals surface area contributed by atoms with Gasteiger partial charge in [0.2, 0.25) is 0 Å². The first-order valence-corrected chi connectivity index (χ1v) is 24.7. The van der Waals surface area contributed by atoms with Crippen LogP contribution in [0.5, 0.6) is 0 Å². The molecule has 0 aliphatic rings. The van der Waals surface area contributed by atoms with Crippen LogP contribution < -0.4 is 5.73 Å². The number of esters is 1. The Morgan fingerprint density at radius 3 is 1.35 bits per heavy atom. The number of hydrogen-bond acceptors (Lipinski definition) is 7. The predicted octanol–water partition coefficient (Wildman–Crippen LogP) is 13.9. The number of carbonyl (C=O) groups excluding carboxylic acids is 1. The summed E-state index contributed by atoms with van der Waals surface area (Å²) >= 11 is 0. The monoisotopic (exact) mass is 788 g/mol. The van der Waals surface area contributed by atoms with Gasteiger partial charge in [0.05, 0.1) is 19.8 Å². The molecule has 0 aromatic rings. The molecule has 0 rings (SSSR count). The summed E-state index contributed by atoms with van der Waals surface area (Å²) in [5.74, 6) is -0.330. The van der Waals surface area contributed by atoms with Crippen molar-refractivity contribution in [2.75, 3.05) is 33.0 Å². The van der Waals surface area contributed by atoms with Gasteiger partial charge in [0, 0.05) is 19.6 Å². The lowest BCUT2D eigenvalue weighted by molar-refractivity contribution is -0.154. The van der Waals surface area contributed by atoms with Crippen molar-refractivity contribution in [3.63, 3.8) is 0 Å². The van der Waals surface area contributed by atoms with Gasteiger partial charge in [-0.1, -0.05) is 199 Å². The van der Waals surface area contributed by atoms with Crippen molar-refractivity contribution < 1.29 is 32.8 Å². The number of rotatable bonds is 45. The number of phosphoric ester groups is 1. The molecule has 0 aliphatic heterocycles. The van der Waals surface area contributed by atoms with Crippen molar-refractivity contribution in [2.45, 2.75) is 238 Å². The Hall–Kier alpha value is -0.760. The van der Waals surface area contributed by atoms with Crippen molar-refractivity contribution in [3.8, 4) is 0 Å². The van der Waals surface area contributed by atoms with Gasteiger partial charge in [-0.3, -0.25) is 13.8 Å². The van der Waals surface area contributed by atoms with Gasteiger partial charge in [-0.15, -0.1) is 0 Å². The van der Waals surface area contributed by atoms with Crippen molar-refractivity contribution >= 4 is 13.8 Å². The van der Waals surface area contributed by atoms with Crippen LogP contribution in [0.1, 0.15) is 232 Å². The van der Waals surface area contributed by atoms with Crippen LogP contribution in [0.15, 0.2) is 12.2 Å². The maximum absolute atomic E-state index is 12.6. The molecule has 2 atom stereocenters. The Balaban J connectivity index is 3.96. The van der Waals surface area contributed by atoms with E-state index in [4.69, 9.17) is 24.3 Å². The smallest absolute Gasteiger partial charge is 0.457 e. The fraction of sp³-hybridized carbons (Fsp3) is 0.933. The third-order valence-corrected chi connectivity index (χ3v) is 11.2. The van der Waals surface area contributed by atoms with E-state index in [1.165, 1.54) is 180 Å². The lowest BCUT2D eigenvalue weighted by Crippen LogP contribution is -2.28. The number of nitrogens with two attached hydrogens (primary N) is 1. The van der Waals surface area contributed by atoms with Crippen LogP contribution in [-0.2, 0) is 27.9 Å². The Morgan fingerprint density at radius 2 is 0.926 bits per heavy atom. The maximum Gasteiger partial charge on any atom is 0.472 e. The van der Waals surface area contributed by atoms with E-state index in [1.54, 1.807) is 0 Å². The number of allylic oxidation sites excluding steroid dienone is 2. The molecular formula is C45H90NO7P. The molecule has 8 nitrogen and oxygen atoms in total. The summed E-state index contributed by atoms with van der Waals surface area (Å²) in [6, 6.07) is 0. The van der Waals surface area contributed by atoms with Crippen LogP contribution >= 0.6 is 7.82 Å². The third kappa shape index (κ3) is 42.4. The summed E-state index contributed by atoms with van der Waals surface area (Å²) in [4.78, 5) is 22.5. The van der Waals surface area contributed by atoms with Crippen LogP contribution in [0.25, 0.3) is 0 Å². The average Bonchev–Trinajstić information content (AvgIpc) is 3.16. The number of unbranched alkanes of at least 4 members (excludes halogenated alkanes) is 30. The second-order valence-electron chi connectivity index (χ2n) is 15.6. The van der Waals surface area contributed by atoms with Gasteiger partial charge in [-0.2, -0.15) is 0 Å². The zero-order chi connectivity index (χ0) is 39.5. The number of carbonyl (C=O) groups is 1. The van der Waals surface area contributed by atoms with Gasteiger partial charge in [-0.05, 0) is 38.5 Å². The van der Waals surface area contributed by atoms with Crippen LogP contribution in [0, 0.1) is 0 Å². The fourth-order valence-corrected chi connectivity index (χ4v) is 7.52. The topological polar surface area (TPSA) is 117 Å². The summed E-state index contributed by atoms with van der Waals surface area (Å²) in [5, 5.41) is 0. The molecule has 54 heavy (non-hydrogen) atoms. The van der Waals surface area contributed by atoms with Gasteiger partial charge in [0.1, 0.15) is 6.10 Å². The highest BCUT2D eigenvalue weighted by Crippen LogP contribution is 2.43. The fourth-order valence-electron chi connectivity index (χ4n) is 6.76. The minimum Gasteiger partial charge on any atom is -0.457 e. The normalized spacial score (nSPS) is 13.5. The zero-order valence-electron chi connectivity index (χ0n) is 35.7.